The second-order valence-corrected chi connectivity index (χ2v) is 7.01. The number of aryl methyl sites for hydroxylation is 2. The smallest absolute Gasteiger partial charge is 0.0143 e. The Balaban J connectivity index is 2.00. The van der Waals surface area contributed by atoms with Crippen LogP contribution in [0.25, 0.3) is 21.5 Å². The van der Waals surface area contributed by atoms with E-state index < -0.39 is 0 Å². The van der Waals surface area contributed by atoms with Crippen LogP contribution in [0.15, 0.2) is 71.8 Å². The monoisotopic (exact) mass is 328 g/mol. The Morgan fingerprint density at radius 2 is 1.36 bits per heavy atom. The maximum Gasteiger partial charge on any atom is -0.0143 e. The van der Waals surface area contributed by atoms with E-state index >= 15 is 0 Å². The highest BCUT2D eigenvalue weighted by atomic mass is 14.1. The first kappa shape index (κ1) is 17.5. The Labute approximate surface area is 151 Å². The van der Waals surface area contributed by atoms with Crippen molar-refractivity contribution in [3.63, 3.8) is 0 Å². The highest BCUT2D eigenvalue weighted by molar-refractivity contribution is 6.05. The van der Waals surface area contributed by atoms with Crippen LogP contribution in [-0.4, -0.2) is 0 Å². The molecule has 0 fully saturated rings. The third kappa shape index (κ3) is 3.54. The van der Waals surface area contributed by atoms with Crippen LogP contribution in [0.1, 0.15) is 44.7 Å². The minimum absolute atomic E-state index is 1.13. The van der Waals surface area contributed by atoms with Crippen molar-refractivity contribution in [2.75, 3.05) is 0 Å². The molecular weight excluding hydrogens is 300 g/mol. The van der Waals surface area contributed by atoms with Crippen molar-refractivity contribution in [3.05, 3.63) is 83.0 Å². The lowest BCUT2D eigenvalue weighted by Gasteiger charge is -2.15. The fourth-order valence-electron chi connectivity index (χ4n) is 3.83. The van der Waals surface area contributed by atoms with Crippen LogP contribution in [0, 0.1) is 6.92 Å². The van der Waals surface area contributed by atoms with E-state index in [-0.39, 0.29) is 0 Å². The van der Waals surface area contributed by atoms with Crippen molar-refractivity contribution in [2.24, 2.45) is 0 Å². The van der Waals surface area contributed by atoms with Gasteiger partial charge in [-0.25, -0.2) is 0 Å². The Hall–Kier alpha value is -2.34. The molecule has 0 aliphatic rings. The quantitative estimate of drug-likeness (QED) is 0.335. The number of hydrogen-bond donors (Lipinski definition) is 0. The number of hydrogen-bond acceptors (Lipinski definition) is 0. The molecule has 3 aromatic carbocycles. The predicted octanol–water partition coefficient (Wildman–Crippen LogP) is 7.54. The van der Waals surface area contributed by atoms with Gasteiger partial charge in [-0.1, -0.05) is 71.8 Å². The van der Waals surface area contributed by atoms with Gasteiger partial charge in [-0.3, -0.25) is 0 Å². The molecule has 0 aliphatic carbocycles. The highest BCUT2D eigenvalue weighted by Crippen LogP contribution is 2.33. The largest absolute Gasteiger partial charge is 0.0874 e. The van der Waals surface area contributed by atoms with E-state index in [1.807, 2.05) is 0 Å². The van der Waals surface area contributed by atoms with Gasteiger partial charge in [0, 0.05) is 0 Å². The summed E-state index contributed by atoms with van der Waals surface area (Å²) >= 11 is 0. The molecule has 0 aromatic heterocycles. The molecular formula is C25H28. The summed E-state index contributed by atoms with van der Waals surface area (Å²) in [6, 6.07) is 17.8. The number of allylic oxidation sites excluding steroid dienone is 4. The maximum atomic E-state index is 2.29. The minimum atomic E-state index is 1.13. The zero-order valence-electron chi connectivity index (χ0n) is 15.9. The zero-order chi connectivity index (χ0) is 17.8. The molecule has 128 valence electrons. The van der Waals surface area contributed by atoms with Crippen LogP contribution < -0.4 is 0 Å². The van der Waals surface area contributed by atoms with Crippen molar-refractivity contribution in [1.29, 1.82) is 0 Å². The molecule has 3 aromatic rings. The fourth-order valence-corrected chi connectivity index (χ4v) is 3.83. The van der Waals surface area contributed by atoms with Gasteiger partial charge in [-0.2, -0.15) is 0 Å². The van der Waals surface area contributed by atoms with Crippen LogP contribution in [0.3, 0.4) is 0 Å². The average molecular weight is 328 g/mol. The third-order valence-corrected chi connectivity index (χ3v) is 5.38. The lowest BCUT2D eigenvalue weighted by atomic mass is 9.89. The molecule has 0 heteroatoms. The molecule has 0 aliphatic heterocycles. The van der Waals surface area contributed by atoms with Gasteiger partial charge >= 0.3 is 0 Å². The second-order valence-electron chi connectivity index (χ2n) is 7.01. The van der Waals surface area contributed by atoms with Crippen LogP contribution >= 0.6 is 0 Å². The molecule has 25 heavy (non-hydrogen) atoms. The van der Waals surface area contributed by atoms with Gasteiger partial charge in [0.05, 0.1) is 0 Å². The molecule has 3 rings (SSSR count). The average Bonchev–Trinajstić information content (AvgIpc) is 2.64. The molecule has 0 saturated heterocycles. The van der Waals surface area contributed by atoms with E-state index in [1.165, 1.54) is 50.2 Å². The summed E-state index contributed by atoms with van der Waals surface area (Å²) in [5.41, 5.74) is 5.81. The molecule has 0 unspecified atom stereocenters. The number of benzene rings is 3. The minimum Gasteiger partial charge on any atom is -0.0874 e. The second kappa shape index (κ2) is 7.70. The van der Waals surface area contributed by atoms with Crippen molar-refractivity contribution < 1.29 is 0 Å². The number of rotatable bonds is 5. The molecule has 0 amide bonds. The SMILES string of the molecule is CC=CC(C)=C(C)CCCc1c2ccccc2c(C)c2ccccc12. The van der Waals surface area contributed by atoms with Gasteiger partial charge < -0.3 is 0 Å². The van der Waals surface area contributed by atoms with Crippen LogP contribution in [0.5, 0.6) is 0 Å². The van der Waals surface area contributed by atoms with E-state index in [1.54, 1.807) is 0 Å². The van der Waals surface area contributed by atoms with Gasteiger partial charge in [-0.15, -0.1) is 0 Å². The van der Waals surface area contributed by atoms with E-state index in [0.29, 0.717) is 0 Å². The molecule has 0 saturated carbocycles. The molecule has 0 spiro atoms. The van der Waals surface area contributed by atoms with Gasteiger partial charge in [0.25, 0.3) is 0 Å². The van der Waals surface area contributed by atoms with Crippen molar-refractivity contribution in [3.8, 4) is 0 Å². The molecule has 0 bridgehead atoms. The van der Waals surface area contributed by atoms with Gasteiger partial charge in [0.2, 0.25) is 0 Å². The Kier molecular flexibility index (Phi) is 5.38. The van der Waals surface area contributed by atoms with Gasteiger partial charge in [0.1, 0.15) is 0 Å². The van der Waals surface area contributed by atoms with Crippen molar-refractivity contribution in [2.45, 2.75) is 47.0 Å². The van der Waals surface area contributed by atoms with Crippen LogP contribution in [0.4, 0.5) is 0 Å². The fraction of sp³-hybridized carbons (Fsp3) is 0.280. The summed E-state index contributed by atoms with van der Waals surface area (Å²) in [5.74, 6) is 0. The summed E-state index contributed by atoms with van der Waals surface area (Å²) in [6.45, 7) is 8.82. The Morgan fingerprint density at radius 3 is 1.88 bits per heavy atom. The molecule has 0 radical (unpaired) electrons. The summed E-state index contributed by atoms with van der Waals surface area (Å²) < 4.78 is 0. The van der Waals surface area contributed by atoms with E-state index in [0.717, 1.165) is 12.8 Å². The molecule has 0 atom stereocenters. The summed E-state index contributed by atoms with van der Waals surface area (Å²) in [6.07, 6.45) is 7.82. The van der Waals surface area contributed by atoms with E-state index in [2.05, 4.69) is 88.4 Å². The normalized spacial score (nSPS) is 13.0. The summed E-state index contributed by atoms with van der Waals surface area (Å²) in [4.78, 5) is 0. The maximum absolute atomic E-state index is 2.29. The van der Waals surface area contributed by atoms with Crippen molar-refractivity contribution >= 4 is 21.5 Å². The lowest BCUT2D eigenvalue weighted by Crippen LogP contribution is -1.94. The molecule has 0 nitrogen and oxygen atoms in total. The predicted molar refractivity (Wildman–Crippen MR) is 112 cm³/mol. The van der Waals surface area contributed by atoms with Crippen LogP contribution in [-0.2, 0) is 6.42 Å². The van der Waals surface area contributed by atoms with Crippen LogP contribution in [0.2, 0.25) is 0 Å². The summed E-state index contributed by atoms with van der Waals surface area (Å²) in [5, 5.41) is 5.64. The van der Waals surface area contributed by atoms with E-state index in [4.69, 9.17) is 0 Å². The summed E-state index contributed by atoms with van der Waals surface area (Å²) in [7, 11) is 0. The first-order valence-corrected chi connectivity index (χ1v) is 9.31. The Morgan fingerprint density at radius 1 is 0.840 bits per heavy atom. The van der Waals surface area contributed by atoms with Crippen molar-refractivity contribution in [1.82, 2.24) is 0 Å². The number of fused-ring (bicyclic) bond motifs is 2. The first-order valence-electron chi connectivity index (χ1n) is 9.31. The molecule has 0 heterocycles. The Bertz CT molecular complexity index is 897. The van der Waals surface area contributed by atoms with Gasteiger partial charge in [-0.05, 0) is 79.6 Å². The molecule has 0 N–H and O–H groups in total. The van der Waals surface area contributed by atoms with E-state index in [9.17, 15) is 0 Å². The zero-order valence-corrected chi connectivity index (χ0v) is 15.9. The topological polar surface area (TPSA) is 0 Å². The van der Waals surface area contributed by atoms with Gasteiger partial charge in [0.15, 0.2) is 0 Å². The highest BCUT2D eigenvalue weighted by Gasteiger charge is 2.10. The first-order chi connectivity index (χ1) is 12.1. The third-order valence-electron chi connectivity index (χ3n) is 5.38. The standard InChI is InChI=1S/C25H28/c1-5-11-18(2)19(3)12-10-17-25-23-15-8-6-13-21(23)20(4)22-14-7-9-16-24(22)25/h5-9,11,13-16H,10,12,17H2,1-4H3. The lowest BCUT2D eigenvalue weighted by molar-refractivity contribution is 0.814.